The molecule has 0 N–H and O–H groups in total. The molecule has 1 aromatic heterocycles. The average molecular weight is 407 g/mol. The number of ether oxygens (including phenoxy) is 1. The van der Waals surface area contributed by atoms with Crippen LogP contribution in [0.1, 0.15) is 42.3 Å². The topological polar surface area (TPSA) is 93.9 Å². The number of carbonyl (C=O) groups excluding carboxylic acids is 2. The smallest absolute Gasteiger partial charge is 0.375 e. The van der Waals surface area contributed by atoms with Gasteiger partial charge < -0.3 is 14.1 Å². The van der Waals surface area contributed by atoms with Gasteiger partial charge in [-0.25, -0.2) is 13.2 Å². The first-order chi connectivity index (χ1) is 13.3. The maximum Gasteiger partial charge on any atom is 0.375 e. The third-order valence-electron chi connectivity index (χ3n) is 5.08. The Morgan fingerprint density at radius 1 is 1.29 bits per heavy atom. The number of benzene rings is 1. The molecule has 3 rings (SSSR count). The van der Waals surface area contributed by atoms with Crippen molar-refractivity contribution in [2.24, 2.45) is 0 Å². The first kappa shape index (κ1) is 20.4. The van der Waals surface area contributed by atoms with Gasteiger partial charge in [0.05, 0.1) is 11.5 Å². The number of fused-ring (bicyclic) bond motifs is 1. The van der Waals surface area contributed by atoms with Gasteiger partial charge in [-0.1, -0.05) is 31.5 Å². The Hall–Kier alpha value is -2.35. The minimum absolute atomic E-state index is 0.0287. The second kappa shape index (κ2) is 8.34. The fourth-order valence-corrected chi connectivity index (χ4v) is 5.24. The predicted octanol–water partition coefficient (Wildman–Crippen LogP) is 2.71. The zero-order valence-corrected chi connectivity index (χ0v) is 17.0. The summed E-state index contributed by atoms with van der Waals surface area (Å²) in [7, 11) is -3.11. The van der Waals surface area contributed by atoms with Crippen LogP contribution >= 0.6 is 0 Å². The third kappa shape index (κ3) is 4.38. The number of aryl methyl sites for hydroxylation is 1. The van der Waals surface area contributed by atoms with Crippen molar-refractivity contribution in [1.82, 2.24) is 4.90 Å². The molecular formula is C20H25NO6S. The molecule has 0 saturated carbocycles. The highest BCUT2D eigenvalue weighted by atomic mass is 32.2. The summed E-state index contributed by atoms with van der Waals surface area (Å²) in [6.45, 7) is 3.78. The molecule has 1 amide bonds. The predicted molar refractivity (Wildman–Crippen MR) is 105 cm³/mol. The van der Waals surface area contributed by atoms with Gasteiger partial charge in [0.15, 0.2) is 16.4 Å². The van der Waals surface area contributed by atoms with Crippen LogP contribution in [0.2, 0.25) is 0 Å². The van der Waals surface area contributed by atoms with E-state index in [0.29, 0.717) is 24.1 Å². The largest absolute Gasteiger partial charge is 0.450 e. The number of hydrogen-bond donors (Lipinski definition) is 0. The van der Waals surface area contributed by atoms with E-state index in [1.54, 1.807) is 17.9 Å². The summed E-state index contributed by atoms with van der Waals surface area (Å²) in [4.78, 5) is 26.6. The first-order valence-corrected chi connectivity index (χ1v) is 11.3. The zero-order chi connectivity index (χ0) is 20.3. The molecular weight excluding hydrogens is 382 g/mol. The lowest BCUT2D eigenvalue weighted by atomic mass is 10.1. The molecule has 2 heterocycles. The van der Waals surface area contributed by atoms with Crippen molar-refractivity contribution in [2.75, 3.05) is 24.7 Å². The van der Waals surface area contributed by atoms with E-state index in [0.717, 1.165) is 18.2 Å². The second-order valence-corrected chi connectivity index (χ2v) is 9.35. The molecule has 0 bridgehead atoms. The van der Waals surface area contributed by atoms with E-state index >= 15 is 0 Å². The lowest BCUT2D eigenvalue weighted by Crippen LogP contribution is -2.43. The number of para-hydroxylation sites is 1. The van der Waals surface area contributed by atoms with Gasteiger partial charge in [-0.05, 0) is 25.8 Å². The number of nitrogens with zero attached hydrogens (tertiary/aromatic N) is 1. The van der Waals surface area contributed by atoms with Crippen LogP contribution in [0.3, 0.4) is 0 Å². The van der Waals surface area contributed by atoms with Gasteiger partial charge in [0, 0.05) is 23.5 Å². The van der Waals surface area contributed by atoms with Crippen LogP contribution in [0.5, 0.6) is 0 Å². The fourth-order valence-electron chi connectivity index (χ4n) is 3.51. The van der Waals surface area contributed by atoms with E-state index in [9.17, 15) is 18.0 Å². The minimum Gasteiger partial charge on any atom is -0.450 e. The van der Waals surface area contributed by atoms with Crippen molar-refractivity contribution in [3.05, 3.63) is 35.6 Å². The molecule has 0 spiro atoms. The Kier molecular flexibility index (Phi) is 6.07. The molecule has 7 nitrogen and oxygen atoms in total. The lowest BCUT2D eigenvalue weighted by Gasteiger charge is -2.28. The summed E-state index contributed by atoms with van der Waals surface area (Å²) in [5.41, 5.74) is 1.25. The molecule has 1 fully saturated rings. The van der Waals surface area contributed by atoms with Crippen molar-refractivity contribution in [1.29, 1.82) is 0 Å². The van der Waals surface area contributed by atoms with Gasteiger partial charge in [0.2, 0.25) is 5.76 Å². The molecule has 28 heavy (non-hydrogen) atoms. The average Bonchev–Trinajstić information content (AvgIpc) is 3.20. The Balaban J connectivity index is 1.67. The molecule has 0 unspecified atom stereocenters. The van der Waals surface area contributed by atoms with E-state index in [1.165, 1.54) is 0 Å². The van der Waals surface area contributed by atoms with E-state index in [2.05, 4.69) is 0 Å². The highest BCUT2D eigenvalue weighted by Crippen LogP contribution is 2.25. The van der Waals surface area contributed by atoms with Gasteiger partial charge in [-0.15, -0.1) is 0 Å². The van der Waals surface area contributed by atoms with Crippen molar-refractivity contribution < 1.29 is 27.2 Å². The van der Waals surface area contributed by atoms with Crippen molar-refractivity contribution in [3.63, 3.8) is 0 Å². The molecule has 1 saturated heterocycles. The summed E-state index contributed by atoms with van der Waals surface area (Å²) in [6, 6.07) is 6.92. The van der Waals surface area contributed by atoms with Crippen molar-refractivity contribution in [3.8, 4) is 0 Å². The van der Waals surface area contributed by atoms with Gasteiger partial charge >= 0.3 is 5.97 Å². The number of hydrogen-bond acceptors (Lipinski definition) is 6. The Bertz CT molecular complexity index is 978. The number of esters is 1. The van der Waals surface area contributed by atoms with Crippen LogP contribution in [0.25, 0.3) is 11.0 Å². The van der Waals surface area contributed by atoms with E-state index < -0.39 is 22.4 Å². The highest BCUT2D eigenvalue weighted by molar-refractivity contribution is 7.91. The zero-order valence-electron chi connectivity index (χ0n) is 16.1. The molecule has 8 heteroatoms. The van der Waals surface area contributed by atoms with Crippen LogP contribution in [0.4, 0.5) is 0 Å². The molecule has 1 atom stereocenters. The molecule has 0 aliphatic carbocycles. The monoisotopic (exact) mass is 407 g/mol. The summed E-state index contributed by atoms with van der Waals surface area (Å²) in [5.74, 6) is -0.934. The van der Waals surface area contributed by atoms with Gasteiger partial charge in [-0.3, -0.25) is 4.79 Å². The maximum atomic E-state index is 12.7. The molecule has 1 aliphatic rings. The number of sulfone groups is 1. The number of amides is 1. The summed E-state index contributed by atoms with van der Waals surface area (Å²) >= 11 is 0. The van der Waals surface area contributed by atoms with E-state index in [1.807, 2.05) is 25.1 Å². The molecule has 152 valence electrons. The standard InChI is InChI=1S/C20H25NO6S/c1-3-4-10-21(15-9-11-28(24,25)13-15)18(22)12-26-20(23)19-14(2)16-7-5-6-8-17(16)27-19/h5-8,15H,3-4,9-13H2,1-2H3/t15-/m1/s1. The number of furan rings is 1. The summed E-state index contributed by atoms with van der Waals surface area (Å²) < 4.78 is 34.3. The van der Waals surface area contributed by atoms with E-state index in [-0.39, 0.29) is 29.2 Å². The molecule has 0 radical (unpaired) electrons. The maximum absolute atomic E-state index is 12.7. The van der Waals surface area contributed by atoms with E-state index in [4.69, 9.17) is 9.15 Å². The van der Waals surface area contributed by atoms with Crippen LogP contribution in [-0.4, -0.2) is 55.9 Å². The Morgan fingerprint density at radius 2 is 2.04 bits per heavy atom. The van der Waals surface area contributed by atoms with Crippen LogP contribution in [-0.2, 0) is 19.4 Å². The first-order valence-electron chi connectivity index (χ1n) is 9.47. The van der Waals surface area contributed by atoms with Crippen molar-refractivity contribution in [2.45, 2.75) is 39.2 Å². The quantitative estimate of drug-likeness (QED) is 0.655. The Morgan fingerprint density at radius 3 is 2.68 bits per heavy atom. The fraction of sp³-hybridized carbons (Fsp3) is 0.500. The minimum atomic E-state index is -3.11. The normalized spacial score (nSPS) is 18.3. The van der Waals surface area contributed by atoms with Gasteiger partial charge in [-0.2, -0.15) is 0 Å². The molecule has 2 aromatic rings. The van der Waals surface area contributed by atoms with Gasteiger partial charge in [0.1, 0.15) is 5.58 Å². The summed E-state index contributed by atoms with van der Waals surface area (Å²) in [6.07, 6.45) is 2.06. The number of carbonyl (C=O) groups is 2. The highest BCUT2D eigenvalue weighted by Gasteiger charge is 2.34. The number of rotatable bonds is 7. The lowest BCUT2D eigenvalue weighted by molar-refractivity contribution is -0.136. The Labute approximate surface area is 164 Å². The van der Waals surface area contributed by atoms with Crippen LogP contribution < -0.4 is 0 Å². The summed E-state index contributed by atoms with van der Waals surface area (Å²) in [5, 5.41) is 0.821. The molecule has 1 aromatic carbocycles. The van der Waals surface area contributed by atoms with Crippen LogP contribution in [0.15, 0.2) is 28.7 Å². The molecule has 1 aliphatic heterocycles. The number of unbranched alkanes of at least 4 members (excludes halogenated alkanes) is 1. The van der Waals surface area contributed by atoms with Gasteiger partial charge in [0.25, 0.3) is 5.91 Å². The second-order valence-electron chi connectivity index (χ2n) is 7.13. The SMILES string of the molecule is CCCCN(C(=O)COC(=O)c1oc2ccccc2c1C)[C@@H]1CCS(=O)(=O)C1. The third-order valence-corrected chi connectivity index (χ3v) is 6.83. The van der Waals surface area contributed by atoms with Crippen molar-refractivity contribution >= 4 is 32.7 Å². The van der Waals surface area contributed by atoms with Crippen LogP contribution in [0, 0.1) is 6.92 Å².